The first kappa shape index (κ1) is 16.0. The first-order chi connectivity index (χ1) is 12.1. The summed E-state index contributed by atoms with van der Waals surface area (Å²) < 4.78 is 11.2. The third-order valence-electron chi connectivity index (χ3n) is 5.55. The van der Waals surface area contributed by atoms with Gasteiger partial charge in [0.25, 0.3) is 0 Å². The number of hydrogen-bond acceptors (Lipinski definition) is 4. The predicted octanol–water partition coefficient (Wildman–Crippen LogP) is 4.18. The molecule has 2 amide bonds. The predicted molar refractivity (Wildman–Crippen MR) is 94.4 cm³/mol. The molecule has 1 aromatic carbocycles. The van der Waals surface area contributed by atoms with Crippen molar-refractivity contribution in [1.29, 1.82) is 0 Å². The maximum absolute atomic E-state index is 12.4. The summed E-state index contributed by atoms with van der Waals surface area (Å²) in [5.41, 5.74) is 1.64. The highest BCUT2D eigenvalue weighted by molar-refractivity contribution is 5.90. The van der Waals surface area contributed by atoms with Crippen LogP contribution in [-0.2, 0) is 6.61 Å². The van der Waals surface area contributed by atoms with E-state index in [1.54, 1.807) is 0 Å². The van der Waals surface area contributed by atoms with Crippen LogP contribution in [0, 0.1) is 11.8 Å². The standard InChI is InChI=1S/C19H23N3O3/c1-11-6-5-8-15(12(11)2)20-19(23)21-18-14-10-24-16-9-4-3-7-13(16)17(14)25-22-18/h3-4,7,9,11-12,15H,5-6,8,10H2,1-2H3,(H2,20,21,22,23)/t11-,12+,15-/m1/s1. The fourth-order valence-electron chi connectivity index (χ4n) is 3.78. The Bertz CT molecular complexity index is 786. The maximum atomic E-state index is 12.4. The molecule has 3 atom stereocenters. The molecule has 2 aliphatic rings. The van der Waals surface area contributed by atoms with Gasteiger partial charge in [0.2, 0.25) is 0 Å². The lowest BCUT2D eigenvalue weighted by molar-refractivity contribution is 0.201. The molecule has 1 aliphatic heterocycles. The normalized spacial score (nSPS) is 24.6. The highest BCUT2D eigenvalue weighted by Gasteiger charge is 2.30. The molecule has 0 saturated heterocycles. The first-order valence-corrected chi connectivity index (χ1v) is 8.91. The third-order valence-corrected chi connectivity index (χ3v) is 5.55. The highest BCUT2D eigenvalue weighted by Crippen LogP contribution is 2.40. The van der Waals surface area contributed by atoms with Crippen LogP contribution in [0.5, 0.6) is 5.75 Å². The Kier molecular flexibility index (Phi) is 4.11. The summed E-state index contributed by atoms with van der Waals surface area (Å²) in [6, 6.07) is 7.62. The smallest absolute Gasteiger partial charge is 0.320 e. The molecule has 0 radical (unpaired) electrons. The van der Waals surface area contributed by atoms with Crippen molar-refractivity contribution in [2.75, 3.05) is 5.32 Å². The Labute approximate surface area is 146 Å². The number of carbonyl (C=O) groups is 1. The van der Waals surface area contributed by atoms with E-state index in [0.29, 0.717) is 30.0 Å². The van der Waals surface area contributed by atoms with Crippen molar-refractivity contribution in [2.45, 2.75) is 45.8 Å². The number of nitrogens with one attached hydrogen (secondary N) is 2. The first-order valence-electron chi connectivity index (χ1n) is 8.91. The number of rotatable bonds is 2. The number of benzene rings is 1. The van der Waals surface area contributed by atoms with Gasteiger partial charge in [0.1, 0.15) is 12.4 Å². The van der Waals surface area contributed by atoms with Crippen LogP contribution in [0.1, 0.15) is 38.7 Å². The van der Waals surface area contributed by atoms with Gasteiger partial charge in [-0.3, -0.25) is 5.32 Å². The number of anilines is 1. The molecular formula is C19H23N3O3. The van der Waals surface area contributed by atoms with Gasteiger partial charge >= 0.3 is 6.03 Å². The van der Waals surface area contributed by atoms with Gasteiger partial charge in [0.05, 0.1) is 11.1 Å². The van der Waals surface area contributed by atoms with Crippen molar-refractivity contribution in [1.82, 2.24) is 10.5 Å². The van der Waals surface area contributed by atoms with Crippen molar-refractivity contribution in [3.8, 4) is 17.1 Å². The topological polar surface area (TPSA) is 76.4 Å². The number of fused-ring (bicyclic) bond motifs is 3. The van der Waals surface area contributed by atoms with Gasteiger partial charge in [-0.25, -0.2) is 4.79 Å². The minimum absolute atomic E-state index is 0.198. The van der Waals surface area contributed by atoms with Gasteiger partial charge in [-0.15, -0.1) is 0 Å². The van der Waals surface area contributed by atoms with Crippen LogP contribution in [-0.4, -0.2) is 17.2 Å². The average molecular weight is 341 g/mol. The van der Waals surface area contributed by atoms with E-state index in [0.717, 1.165) is 29.7 Å². The summed E-state index contributed by atoms with van der Waals surface area (Å²) in [7, 11) is 0. The Balaban J connectivity index is 1.48. The molecular weight excluding hydrogens is 318 g/mol. The molecule has 2 heterocycles. The molecule has 6 nitrogen and oxygen atoms in total. The molecule has 6 heteroatoms. The Morgan fingerprint density at radius 1 is 1.24 bits per heavy atom. The van der Waals surface area contributed by atoms with Crippen molar-refractivity contribution >= 4 is 11.8 Å². The van der Waals surface area contributed by atoms with E-state index in [1.807, 2.05) is 24.3 Å². The number of ether oxygens (including phenoxy) is 1. The minimum atomic E-state index is -0.235. The van der Waals surface area contributed by atoms with Crippen LogP contribution in [0.2, 0.25) is 0 Å². The van der Waals surface area contributed by atoms with Crippen LogP contribution in [0.3, 0.4) is 0 Å². The minimum Gasteiger partial charge on any atom is -0.488 e. The largest absolute Gasteiger partial charge is 0.488 e. The quantitative estimate of drug-likeness (QED) is 0.859. The van der Waals surface area contributed by atoms with Crippen molar-refractivity contribution in [2.24, 2.45) is 11.8 Å². The van der Waals surface area contributed by atoms with Gasteiger partial charge in [0, 0.05) is 6.04 Å². The maximum Gasteiger partial charge on any atom is 0.320 e. The van der Waals surface area contributed by atoms with Gasteiger partial charge in [-0.05, 0) is 30.4 Å². The molecule has 2 N–H and O–H groups in total. The molecule has 0 unspecified atom stereocenters. The number of nitrogens with zero attached hydrogens (tertiary/aromatic N) is 1. The molecule has 132 valence electrons. The third kappa shape index (κ3) is 2.97. The second-order valence-electron chi connectivity index (χ2n) is 7.10. The SMILES string of the molecule is C[C@H]1[C@H](C)CCC[C@H]1NC(=O)Nc1noc2c1COc1ccccc1-2. The zero-order chi connectivity index (χ0) is 17.4. The summed E-state index contributed by atoms with van der Waals surface area (Å²) in [4.78, 5) is 12.4. The van der Waals surface area contributed by atoms with E-state index in [9.17, 15) is 4.79 Å². The molecule has 0 spiro atoms. The van der Waals surface area contributed by atoms with E-state index in [-0.39, 0.29) is 12.1 Å². The summed E-state index contributed by atoms with van der Waals surface area (Å²) in [6.07, 6.45) is 3.40. The number of amides is 2. The van der Waals surface area contributed by atoms with E-state index in [1.165, 1.54) is 6.42 Å². The summed E-state index contributed by atoms with van der Waals surface area (Å²) in [6.45, 7) is 4.79. The lowest BCUT2D eigenvalue weighted by Crippen LogP contribution is -2.45. The number of hydrogen-bond donors (Lipinski definition) is 2. The number of aromatic nitrogens is 1. The van der Waals surface area contributed by atoms with Crippen molar-refractivity contribution in [3.63, 3.8) is 0 Å². The van der Waals surface area contributed by atoms with Gasteiger partial charge in [0.15, 0.2) is 11.6 Å². The zero-order valence-corrected chi connectivity index (χ0v) is 14.5. The zero-order valence-electron chi connectivity index (χ0n) is 14.5. The molecule has 25 heavy (non-hydrogen) atoms. The molecule has 1 aromatic heterocycles. The summed E-state index contributed by atoms with van der Waals surface area (Å²) in [5.74, 6) is 2.96. The average Bonchev–Trinajstić information content (AvgIpc) is 3.02. The van der Waals surface area contributed by atoms with Crippen LogP contribution in [0.4, 0.5) is 10.6 Å². The summed E-state index contributed by atoms with van der Waals surface area (Å²) in [5, 5.41) is 9.96. The lowest BCUT2D eigenvalue weighted by atomic mass is 9.78. The van der Waals surface area contributed by atoms with Crippen molar-refractivity contribution < 1.29 is 14.1 Å². The fourth-order valence-corrected chi connectivity index (χ4v) is 3.78. The molecule has 1 aliphatic carbocycles. The molecule has 4 rings (SSSR count). The number of para-hydroxylation sites is 1. The Morgan fingerprint density at radius 3 is 2.96 bits per heavy atom. The van der Waals surface area contributed by atoms with Crippen LogP contribution in [0.25, 0.3) is 11.3 Å². The summed E-state index contributed by atoms with van der Waals surface area (Å²) >= 11 is 0. The molecule has 1 saturated carbocycles. The van der Waals surface area contributed by atoms with E-state index < -0.39 is 0 Å². The molecule has 1 fully saturated rings. The fraction of sp³-hybridized carbons (Fsp3) is 0.474. The van der Waals surface area contributed by atoms with Gasteiger partial charge in [-0.2, -0.15) is 0 Å². The van der Waals surface area contributed by atoms with E-state index in [4.69, 9.17) is 9.26 Å². The van der Waals surface area contributed by atoms with Gasteiger partial charge < -0.3 is 14.6 Å². The monoisotopic (exact) mass is 341 g/mol. The van der Waals surface area contributed by atoms with Gasteiger partial charge in [-0.1, -0.05) is 44.0 Å². The number of urea groups is 1. The lowest BCUT2D eigenvalue weighted by Gasteiger charge is -2.34. The van der Waals surface area contributed by atoms with Crippen molar-refractivity contribution in [3.05, 3.63) is 29.8 Å². The van der Waals surface area contributed by atoms with Crippen LogP contribution in [0.15, 0.2) is 28.8 Å². The molecule has 2 aromatic rings. The van der Waals surface area contributed by atoms with Crippen LogP contribution < -0.4 is 15.4 Å². The Morgan fingerprint density at radius 2 is 2.08 bits per heavy atom. The van der Waals surface area contributed by atoms with E-state index >= 15 is 0 Å². The number of carbonyl (C=O) groups excluding carboxylic acids is 1. The highest BCUT2D eigenvalue weighted by atomic mass is 16.5. The Hall–Kier alpha value is -2.50. The second kappa shape index (κ2) is 6.43. The van der Waals surface area contributed by atoms with Crippen LogP contribution >= 0.6 is 0 Å². The molecule has 0 bridgehead atoms. The van der Waals surface area contributed by atoms with E-state index in [2.05, 4.69) is 29.6 Å². The second-order valence-corrected chi connectivity index (χ2v) is 7.10.